The summed E-state index contributed by atoms with van der Waals surface area (Å²) in [7, 11) is 0. The Morgan fingerprint density at radius 3 is 2.43 bits per heavy atom. The van der Waals surface area contributed by atoms with Crippen LogP contribution in [-0.4, -0.2) is 74.1 Å². The first-order valence-electron chi connectivity index (χ1n) is 8.68. The topological polar surface area (TPSA) is 144 Å². The molecule has 0 unspecified atom stereocenters. The first kappa shape index (κ1) is 21.5. The molecule has 0 spiro atoms. The van der Waals surface area contributed by atoms with Crippen LogP contribution < -0.4 is 5.32 Å². The van der Waals surface area contributed by atoms with Gasteiger partial charge in [0.25, 0.3) is 0 Å². The number of rotatable bonds is 7. The molecule has 1 aliphatic rings. The van der Waals surface area contributed by atoms with Crippen molar-refractivity contribution in [2.75, 3.05) is 18.8 Å². The SMILES string of the molecule is O=C(O)CCN1CCS[C@@H](CC(=O)O)C(=O)N[C@@H](Cc2ccc(O)cc2)C1=O. The van der Waals surface area contributed by atoms with Crippen LogP contribution >= 0.6 is 11.8 Å². The molecule has 28 heavy (non-hydrogen) atoms. The van der Waals surface area contributed by atoms with Crippen LogP contribution in [-0.2, 0) is 25.6 Å². The molecule has 1 fully saturated rings. The molecule has 0 saturated carbocycles. The number of phenolic OH excluding ortho intramolecular Hbond substituents is 1. The van der Waals surface area contributed by atoms with Gasteiger partial charge in [0.15, 0.2) is 0 Å². The average molecular weight is 410 g/mol. The van der Waals surface area contributed by atoms with E-state index in [-0.39, 0.29) is 38.1 Å². The molecule has 10 heteroatoms. The second-order valence-electron chi connectivity index (χ2n) is 6.36. The van der Waals surface area contributed by atoms with Crippen LogP contribution in [0.15, 0.2) is 24.3 Å². The molecular formula is C18H22N2O7S. The van der Waals surface area contributed by atoms with E-state index in [2.05, 4.69) is 5.32 Å². The summed E-state index contributed by atoms with van der Waals surface area (Å²) in [6.45, 7) is 0.216. The van der Waals surface area contributed by atoms with Gasteiger partial charge in [0, 0.05) is 25.3 Å². The molecule has 9 nitrogen and oxygen atoms in total. The maximum absolute atomic E-state index is 13.0. The lowest BCUT2D eigenvalue weighted by Crippen LogP contribution is -2.51. The van der Waals surface area contributed by atoms with Crippen LogP contribution in [0, 0.1) is 0 Å². The number of phenols is 1. The molecule has 0 radical (unpaired) electrons. The van der Waals surface area contributed by atoms with Crippen LogP contribution in [0.5, 0.6) is 5.75 Å². The minimum Gasteiger partial charge on any atom is -0.508 e. The first-order chi connectivity index (χ1) is 13.3. The fraction of sp³-hybridized carbons (Fsp3) is 0.444. The average Bonchev–Trinajstić information content (AvgIpc) is 2.67. The number of hydrogen-bond acceptors (Lipinski definition) is 6. The van der Waals surface area contributed by atoms with E-state index in [1.54, 1.807) is 12.1 Å². The highest BCUT2D eigenvalue weighted by atomic mass is 32.2. The molecule has 1 heterocycles. The number of carbonyl (C=O) groups excluding carboxylic acids is 2. The van der Waals surface area contributed by atoms with Crippen molar-refractivity contribution in [1.82, 2.24) is 10.2 Å². The largest absolute Gasteiger partial charge is 0.508 e. The van der Waals surface area contributed by atoms with Gasteiger partial charge in [0.1, 0.15) is 11.8 Å². The number of hydrogen-bond donors (Lipinski definition) is 4. The summed E-state index contributed by atoms with van der Waals surface area (Å²) in [5.74, 6) is -2.72. The maximum atomic E-state index is 13.0. The molecule has 0 aromatic heterocycles. The zero-order chi connectivity index (χ0) is 20.7. The van der Waals surface area contributed by atoms with Crippen LogP contribution in [0.1, 0.15) is 18.4 Å². The van der Waals surface area contributed by atoms with Crippen molar-refractivity contribution in [2.45, 2.75) is 30.6 Å². The number of aliphatic carboxylic acids is 2. The Labute approximate surface area is 165 Å². The molecule has 0 aliphatic carbocycles. The fourth-order valence-electron chi connectivity index (χ4n) is 2.81. The van der Waals surface area contributed by atoms with E-state index in [9.17, 15) is 24.3 Å². The zero-order valence-electron chi connectivity index (χ0n) is 15.0. The van der Waals surface area contributed by atoms with E-state index >= 15 is 0 Å². The van der Waals surface area contributed by atoms with Gasteiger partial charge in [-0.25, -0.2) is 0 Å². The van der Waals surface area contributed by atoms with Gasteiger partial charge >= 0.3 is 11.9 Å². The standard InChI is InChI=1S/C18H22N2O7S/c21-12-3-1-11(2-4-12)9-13-18(27)20(6-5-15(22)23)7-8-28-14(10-16(24)25)17(26)19-13/h1-4,13-14,21H,5-10H2,(H,19,26)(H,22,23)(H,24,25)/t13-,14-/m0/s1. The second kappa shape index (κ2) is 9.98. The minimum absolute atomic E-state index is 0.000270. The van der Waals surface area contributed by atoms with Gasteiger partial charge in [0.05, 0.1) is 18.1 Å². The third-order valence-electron chi connectivity index (χ3n) is 4.23. The Morgan fingerprint density at radius 2 is 1.82 bits per heavy atom. The highest BCUT2D eigenvalue weighted by Gasteiger charge is 2.32. The van der Waals surface area contributed by atoms with Crippen molar-refractivity contribution in [3.05, 3.63) is 29.8 Å². The number of nitrogens with one attached hydrogen (secondary N) is 1. The maximum Gasteiger partial charge on any atom is 0.305 e. The van der Waals surface area contributed by atoms with E-state index in [0.29, 0.717) is 11.3 Å². The summed E-state index contributed by atoms with van der Waals surface area (Å²) in [5, 5.41) is 29.1. The summed E-state index contributed by atoms with van der Waals surface area (Å²) in [4.78, 5) is 48.8. The monoisotopic (exact) mass is 410 g/mol. The van der Waals surface area contributed by atoms with Gasteiger partial charge in [-0.2, -0.15) is 0 Å². The molecule has 0 bridgehead atoms. The molecule has 1 aromatic carbocycles. The second-order valence-corrected chi connectivity index (χ2v) is 7.67. The summed E-state index contributed by atoms with van der Waals surface area (Å²) in [5.41, 5.74) is 0.691. The number of carbonyl (C=O) groups is 4. The summed E-state index contributed by atoms with van der Waals surface area (Å²) < 4.78 is 0. The van der Waals surface area contributed by atoms with E-state index in [1.165, 1.54) is 17.0 Å². The molecule has 2 amide bonds. The normalized spacial score (nSPS) is 20.6. The van der Waals surface area contributed by atoms with Gasteiger partial charge in [-0.1, -0.05) is 12.1 Å². The molecule has 2 atom stereocenters. The van der Waals surface area contributed by atoms with Crippen LogP contribution in [0.2, 0.25) is 0 Å². The number of nitrogens with zero attached hydrogens (tertiary/aromatic N) is 1. The Balaban J connectivity index is 2.24. The summed E-state index contributed by atoms with van der Waals surface area (Å²) >= 11 is 1.13. The van der Waals surface area contributed by atoms with Gasteiger partial charge in [0.2, 0.25) is 11.8 Å². The molecule has 152 valence electrons. The van der Waals surface area contributed by atoms with Crippen molar-refractivity contribution < 1.29 is 34.5 Å². The van der Waals surface area contributed by atoms with Crippen molar-refractivity contribution in [2.24, 2.45) is 0 Å². The Hall–Kier alpha value is -2.75. The lowest BCUT2D eigenvalue weighted by Gasteiger charge is -2.26. The molecule has 2 rings (SSSR count). The van der Waals surface area contributed by atoms with E-state index < -0.39 is 35.0 Å². The van der Waals surface area contributed by atoms with Crippen molar-refractivity contribution >= 4 is 35.5 Å². The Morgan fingerprint density at radius 1 is 1.14 bits per heavy atom. The highest BCUT2D eigenvalue weighted by Crippen LogP contribution is 2.19. The third kappa shape index (κ3) is 6.45. The number of carboxylic acids is 2. The smallest absolute Gasteiger partial charge is 0.305 e. The lowest BCUT2D eigenvalue weighted by molar-refractivity contribution is -0.140. The van der Waals surface area contributed by atoms with E-state index in [1.807, 2.05) is 0 Å². The molecule has 1 saturated heterocycles. The lowest BCUT2D eigenvalue weighted by atomic mass is 10.0. The van der Waals surface area contributed by atoms with Gasteiger partial charge < -0.3 is 25.5 Å². The quantitative estimate of drug-likeness (QED) is 0.503. The van der Waals surface area contributed by atoms with Crippen LogP contribution in [0.4, 0.5) is 0 Å². The summed E-state index contributed by atoms with van der Waals surface area (Å²) in [6, 6.07) is 5.20. The number of carboxylic acid groups (broad SMARTS) is 2. The number of amides is 2. The number of benzene rings is 1. The van der Waals surface area contributed by atoms with Crippen LogP contribution in [0.25, 0.3) is 0 Å². The zero-order valence-corrected chi connectivity index (χ0v) is 15.9. The first-order valence-corrected chi connectivity index (χ1v) is 9.73. The minimum atomic E-state index is -1.11. The number of aromatic hydroxyl groups is 1. The van der Waals surface area contributed by atoms with Crippen molar-refractivity contribution in [3.8, 4) is 5.75 Å². The van der Waals surface area contributed by atoms with E-state index in [0.717, 1.165) is 11.8 Å². The Bertz CT molecular complexity index is 738. The van der Waals surface area contributed by atoms with E-state index in [4.69, 9.17) is 10.2 Å². The third-order valence-corrected chi connectivity index (χ3v) is 5.43. The molecule has 1 aromatic rings. The van der Waals surface area contributed by atoms with Gasteiger partial charge in [-0.3, -0.25) is 19.2 Å². The number of thioether (sulfide) groups is 1. The predicted molar refractivity (Wildman–Crippen MR) is 101 cm³/mol. The molecular weight excluding hydrogens is 388 g/mol. The highest BCUT2D eigenvalue weighted by molar-refractivity contribution is 8.00. The van der Waals surface area contributed by atoms with Crippen molar-refractivity contribution in [1.29, 1.82) is 0 Å². The van der Waals surface area contributed by atoms with Gasteiger partial charge in [-0.05, 0) is 17.7 Å². The molecule has 4 N–H and O–H groups in total. The predicted octanol–water partition coefficient (Wildman–Crippen LogP) is 0.313. The van der Waals surface area contributed by atoms with Crippen LogP contribution in [0.3, 0.4) is 0 Å². The van der Waals surface area contributed by atoms with Gasteiger partial charge in [-0.15, -0.1) is 11.8 Å². The van der Waals surface area contributed by atoms with Crippen molar-refractivity contribution in [3.63, 3.8) is 0 Å². The fourth-order valence-corrected chi connectivity index (χ4v) is 3.90. The summed E-state index contributed by atoms with van der Waals surface area (Å²) in [6.07, 6.45) is -0.459. The Kier molecular flexibility index (Phi) is 7.68. The molecule has 1 aliphatic heterocycles.